The van der Waals surface area contributed by atoms with Gasteiger partial charge in [-0.1, -0.05) is 31.0 Å². The van der Waals surface area contributed by atoms with Crippen LogP contribution in [0.3, 0.4) is 0 Å². The predicted octanol–water partition coefficient (Wildman–Crippen LogP) is 3.34. The summed E-state index contributed by atoms with van der Waals surface area (Å²) in [5.41, 5.74) is 1.02. The fraction of sp³-hybridized carbons (Fsp3) is 0.476. The Morgan fingerprint density at radius 2 is 1.93 bits per heavy atom. The highest BCUT2D eigenvalue weighted by molar-refractivity contribution is 7.89. The molecule has 0 radical (unpaired) electrons. The molecule has 0 spiro atoms. The van der Waals surface area contributed by atoms with E-state index in [9.17, 15) is 13.2 Å². The molecule has 0 bridgehead atoms. The van der Waals surface area contributed by atoms with Gasteiger partial charge in [0.15, 0.2) is 11.5 Å². The van der Waals surface area contributed by atoms with Gasteiger partial charge in [-0.25, -0.2) is 8.42 Å². The third-order valence-electron chi connectivity index (χ3n) is 5.24. The van der Waals surface area contributed by atoms with Crippen LogP contribution >= 0.6 is 0 Å². The van der Waals surface area contributed by atoms with Gasteiger partial charge in [0, 0.05) is 32.1 Å². The van der Waals surface area contributed by atoms with Gasteiger partial charge < -0.3 is 4.42 Å². The molecule has 1 aromatic heterocycles. The van der Waals surface area contributed by atoms with Gasteiger partial charge in [-0.05, 0) is 44.2 Å². The van der Waals surface area contributed by atoms with E-state index in [0.29, 0.717) is 30.3 Å². The number of piperazine rings is 1. The molecule has 1 aliphatic heterocycles. The van der Waals surface area contributed by atoms with E-state index in [1.807, 2.05) is 19.1 Å². The molecule has 1 fully saturated rings. The Morgan fingerprint density at radius 1 is 1.18 bits per heavy atom. The third-order valence-corrected chi connectivity index (χ3v) is 7.12. The summed E-state index contributed by atoms with van der Waals surface area (Å²) in [4.78, 5) is 15.1. The smallest absolute Gasteiger partial charge is 0.243 e. The number of hydrogen-bond donors (Lipinski definition) is 0. The molecule has 1 saturated heterocycles. The van der Waals surface area contributed by atoms with Crippen molar-refractivity contribution in [2.75, 3.05) is 26.2 Å². The SMILES string of the molecule is CCCCN1CCN(S(=O)(=O)c2ccc(C)cc2)CC1CC(=O)c1ccco1. The number of nitrogens with zero attached hydrogens (tertiary/aromatic N) is 2. The van der Waals surface area contributed by atoms with Crippen molar-refractivity contribution in [3.8, 4) is 0 Å². The molecule has 0 aliphatic carbocycles. The zero-order valence-corrected chi connectivity index (χ0v) is 17.3. The maximum atomic E-state index is 13.1. The van der Waals surface area contributed by atoms with Crippen molar-refractivity contribution in [1.82, 2.24) is 9.21 Å². The van der Waals surface area contributed by atoms with Crippen LogP contribution in [0.15, 0.2) is 52.0 Å². The van der Waals surface area contributed by atoms with Crippen LogP contribution in [-0.2, 0) is 10.0 Å². The molecule has 0 amide bonds. The quantitative estimate of drug-likeness (QED) is 0.631. The summed E-state index contributed by atoms with van der Waals surface area (Å²) in [6.45, 7) is 6.30. The summed E-state index contributed by atoms with van der Waals surface area (Å²) in [5.74, 6) is 0.236. The van der Waals surface area contributed by atoms with Crippen molar-refractivity contribution in [2.45, 2.75) is 44.0 Å². The second kappa shape index (κ2) is 9.03. The van der Waals surface area contributed by atoms with Crippen molar-refractivity contribution < 1.29 is 17.6 Å². The number of aryl methyl sites for hydroxylation is 1. The summed E-state index contributed by atoms with van der Waals surface area (Å²) >= 11 is 0. The van der Waals surface area contributed by atoms with E-state index in [2.05, 4.69) is 11.8 Å². The molecule has 152 valence electrons. The van der Waals surface area contributed by atoms with Crippen LogP contribution in [0.1, 0.15) is 42.3 Å². The number of furan rings is 1. The van der Waals surface area contributed by atoms with E-state index in [0.717, 1.165) is 24.9 Å². The maximum Gasteiger partial charge on any atom is 0.243 e. The predicted molar refractivity (Wildman–Crippen MR) is 108 cm³/mol. The summed E-state index contributed by atoms with van der Waals surface area (Å²) in [6.07, 6.45) is 3.81. The normalized spacial score (nSPS) is 19.0. The lowest BCUT2D eigenvalue weighted by atomic mass is 10.0. The Morgan fingerprint density at radius 3 is 2.57 bits per heavy atom. The van der Waals surface area contributed by atoms with Crippen molar-refractivity contribution >= 4 is 15.8 Å². The molecule has 3 rings (SSSR count). The minimum Gasteiger partial charge on any atom is -0.461 e. The molecule has 1 aromatic carbocycles. The van der Waals surface area contributed by atoms with Crippen molar-refractivity contribution in [3.05, 3.63) is 54.0 Å². The molecular weight excluding hydrogens is 376 g/mol. The Balaban J connectivity index is 1.78. The Labute approximate surface area is 167 Å². The van der Waals surface area contributed by atoms with E-state index >= 15 is 0 Å². The molecule has 1 aliphatic rings. The summed E-state index contributed by atoms with van der Waals surface area (Å²) < 4.78 is 32.9. The standard InChI is InChI=1S/C21H28N2O4S/c1-3-4-11-22-12-13-23(28(25,26)19-9-7-17(2)8-10-19)16-18(22)15-20(24)21-6-5-14-27-21/h5-10,14,18H,3-4,11-13,15-16H2,1-2H3. The first-order valence-electron chi connectivity index (χ1n) is 9.79. The van der Waals surface area contributed by atoms with Gasteiger partial charge in [0.2, 0.25) is 10.0 Å². The lowest BCUT2D eigenvalue weighted by Gasteiger charge is -2.40. The van der Waals surface area contributed by atoms with Gasteiger partial charge in [0.05, 0.1) is 11.2 Å². The largest absolute Gasteiger partial charge is 0.461 e. The van der Waals surface area contributed by atoms with Gasteiger partial charge in [0.1, 0.15) is 0 Å². The van der Waals surface area contributed by atoms with Crippen LogP contribution in [0.5, 0.6) is 0 Å². The highest BCUT2D eigenvalue weighted by Gasteiger charge is 2.35. The van der Waals surface area contributed by atoms with Crippen molar-refractivity contribution in [3.63, 3.8) is 0 Å². The van der Waals surface area contributed by atoms with Gasteiger partial charge >= 0.3 is 0 Å². The maximum absolute atomic E-state index is 13.1. The fourth-order valence-corrected chi connectivity index (χ4v) is 5.01. The molecule has 0 N–H and O–H groups in total. The number of carbonyl (C=O) groups excluding carboxylic acids is 1. The van der Waals surface area contributed by atoms with Crippen molar-refractivity contribution in [1.29, 1.82) is 0 Å². The number of benzene rings is 1. The lowest BCUT2D eigenvalue weighted by molar-refractivity contribution is 0.0786. The number of Topliss-reactive ketones (excluding diaryl/α,β-unsaturated/α-hetero) is 1. The van der Waals surface area contributed by atoms with Gasteiger partial charge in [-0.2, -0.15) is 4.31 Å². The molecule has 6 nitrogen and oxygen atoms in total. The van der Waals surface area contributed by atoms with E-state index < -0.39 is 10.0 Å². The van der Waals surface area contributed by atoms with E-state index in [1.165, 1.54) is 10.6 Å². The van der Waals surface area contributed by atoms with Gasteiger partial charge in [0.25, 0.3) is 0 Å². The Kier molecular flexibility index (Phi) is 6.69. The van der Waals surface area contributed by atoms with E-state index in [-0.39, 0.29) is 18.2 Å². The average Bonchev–Trinajstić information content (AvgIpc) is 3.22. The van der Waals surface area contributed by atoms with Crippen LogP contribution in [0.4, 0.5) is 0 Å². The third kappa shape index (κ3) is 4.71. The first kappa shape index (κ1) is 20.8. The first-order chi connectivity index (χ1) is 13.4. The van der Waals surface area contributed by atoms with E-state index in [4.69, 9.17) is 4.42 Å². The number of unbranched alkanes of at least 4 members (excludes halogenated alkanes) is 1. The first-order valence-corrected chi connectivity index (χ1v) is 11.2. The number of carbonyl (C=O) groups is 1. The lowest BCUT2D eigenvalue weighted by Crippen LogP contribution is -2.55. The number of rotatable bonds is 8. The number of sulfonamides is 1. The minimum absolute atomic E-state index is 0.0916. The van der Waals surface area contributed by atoms with Crippen LogP contribution in [0.25, 0.3) is 0 Å². The highest BCUT2D eigenvalue weighted by atomic mass is 32.2. The van der Waals surface area contributed by atoms with Crippen LogP contribution in [0, 0.1) is 6.92 Å². The molecule has 2 aromatic rings. The molecule has 28 heavy (non-hydrogen) atoms. The van der Waals surface area contributed by atoms with Crippen LogP contribution in [-0.4, -0.2) is 55.6 Å². The molecule has 0 saturated carbocycles. The summed E-state index contributed by atoms with van der Waals surface area (Å²) in [6, 6.07) is 10.1. The number of ketones is 1. The molecule has 7 heteroatoms. The number of hydrogen-bond acceptors (Lipinski definition) is 5. The van der Waals surface area contributed by atoms with Crippen molar-refractivity contribution in [2.24, 2.45) is 0 Å². The Bertz CT molecular complexity index is 876. The second-order valence-electron chi connectivity index (χ2n) is 7.32. The van der Waals surface area contributed by atoms with Gasteiger partial charge in [-0.15, -0.1) is 0 Å². The zero-order chi connectivity index (χ0) is 20.1. The zero-order valence-electron chi connectivity index (χ0n) is 16.5. The summed E-state index contributed by atoms with van der Waals surface area (Å²) in [7, 11) is -3.57. The van der Waals surface area contributed by atoms with Crippen LogP contribution in [0.2, 0.25) is 0 Å². The van der Waals surface area contributed by atoms with E-state index in [1.54, 1.807) is 24.3 Å². The molecule has 1 unspecified atom stereocenters. The molecule has 2 heterocycles. The molecule has 1 atom stereocenters. The monoisotopic (exact) mass is 404 g/mol. The topological polar surface area (TPSA) is 70.8 Å². The van der Waals surface area contributed by atoms with Gasteiger partial charge in [-0.3, -0.25) is 9.69 Å². The second-order valence-corrected chi connectivity index (χ2v) is 9.26. The van der Waals surface area contributed by atoms with Crippen LogP contribution < -0.4 is 0 Å². The highest BCUT2D eigenvalue weighted by Crippen LogP contribution is 2.23. The summed E-state index contributed by atoms with van der Waals surface area (Å²) in [5, 5.41) is 0. The Hall–Kier alpha value is -1.96. The fourth-order valence-electron chi connectivity index (χ4n) is 3.54. The molecular formula is C21H28N2O4S. The minimum atomic E-state index is -3.57. The average molecular weight is 405 g/mol.